The third-order valence-corrected chi connectivity index (χ3v) is 3.35. The summed E-state index contributed by atoms with van der Waals surface area (Å²) in [5.41, 5.74) is 0.459. The van der Waals surface area contributed by atoms with Gasteiger partial charge in [0.05, 0.1) is 6.61 Å². The van der Waals surface area contributed by atoms with E-state index in [0.717, 1.165) is 0 Å². The van der Waals surface area contributed by atoms with Gasteiger partial charge in [-0.25, -0.2) is 8.78 Å². The topological polar surface area (TPSA) is 9.23 Å². The smallest absolute Gasteiger partial charge is 0.196 e. The lowest BCUT2D eigenvalue weighted by atomic mass is 10.00. The summed E-state index contributed by atoms with van der Waals surface area (Å²) in [6, 6.07) is 11.6. The summed E-state index contributed by atoms with van der Waals surface area (Å²) in [7, 11) is 0. The molecule has 0 saturated heterocycles. The van der Waals surface area contributed by atoms with Crippen molar-refractivity contribution in [3.8, 4) is 0 Å². The van der Waals surface area contributed by atoms with Crippen molar-refractivity contribution in [2.75, 3.05) is 6.61 Å². The van der Waals surface area contributed by atoms with E-state index in [9.17, 15) is 8.78 Å². The summed E-state index contributed by atoms with van der Waals surface area (Å²) in [4.78, 5) is 0. The Morgan fingerprint density at radius 2 is 1.90 bits per heavy atom. The van der Waals surface area contributed by atoms with Crippen molar-refractivity contribution < 1.29 is 13.5 Å². The molecule has 0 radical (unpaired) electrons. The van der Waals surface area contributed by atoms with Gasteiger partial charge in [-0.15, -0.1) is 6.58 Å². The standard InChI is InChI=1S/C16H13ClF2O/c1-2-10-20-16(17,12-6-5-7-13(18)11-12)14-8-3-4-9-15(14)19/h2-9,11H,1,10H2. The third-order valence-electron chi connectivity index (χ3n) is 2.82. The highest BCUT2D eigenvalue weighted by atomic mass is 35.5. The van der Waals surface area contributed by atoms with Gasteiger partial charge in [0.1, 0.15) is 11.6 Å². The zero-order valence-corrected chi connectivity index (χ0v) is 11.4. The average Bonchev–Trinajstić information content (AvgIpc) is 2.45. The van der Waals surface area contributed by atoms with Crippen molar-refractivity contribution >= 4 is 11.6 Å². The Balaban J connectivity index is 2.56. The van der Waals surface area contributed by atoms with Crippen LogP contribution < -0.4 is 0 Å². The molecule has 1 unspecified atom stereocenters. The molecule has 0 aromatic heterocycles. The fraction of sp³-hybridized carbons (Fsp3) is 0.125. The summed E-state index contributed by atoms with van der Waals surface area (Å²) in [5, 5.41) is -1.60. The molecule has 0 fully saturated rings. The average molecular weight is 295 g/mol. The Kier molecular flexibility index (Phi) is 4.53. The van der Waals surface area contributed by atoms with Crippen LogP contribution in [0, 0.1) is 11.6 Å². The molecule has 20 heavy (non-hydrogen) atoms. The lowest BCUT2D eigenvalue weighted by Crippen LogP contribution is -2.26. The first-order valence-corrected chi connectivity index (χ1v) is 6.40. The molecule has 1 atom stereocenters. The quantitative estimate of drug-likeness (QED) is 0.578. The highest BCUT2D eigenvalue weighted by molar-refractivity contribution is 6.25. The minimum Gasteiger partial charge on any atom is -0.347 e. The van der Waals surface area contributed by atoms with E-state index in [1.165, 1.54) is 36.4 Å². The molecular weight excluding hydrogens is 282 g/mol. The lowest BCUT2D eigenvalue weighted by Gasteiger charge is -2.28. The third kappa shape index (κ3) is 2.89. The van der Waals surface area contributed by atoms with E-state index in [0.29, 0.717) is 5.56 Å². The van der Waals surface area contributed by atoms with Crippen LogP contribution in [0.1, 0.15) is 11.1 Å². The van der Waals surface area contributed by atoms with E-state index in [2.05, 4.69) is 6.58 Å². The van der Waals surface area contributed by atoms with Crippen molar-refractivity contribution in [3.05, 3.63) is 83.9 Å². The minimum atomic E-state index is -1.60. The van der Waals surface area contributed by atoms with E-state index in [-0.39, 0.29) is 12.2 Å². The Morgan fingerprint density at radius 3 is 2.55 bits per heavy atom. The van der Waals surface area contributed by atoms with Gasteiger partial charge in [-0.2, -0.15) is 0 Å². The van der Waals surface area contributed by atoms with Crippen molar-refractivity contribution in [3.63, 3.8) is 0 Å². The van der Waals surface area contributed by atoms with Crippen LogP contribution in [0.4, 0.5) is 8.78 Å². The maximum Gasteiger partial charge on any atom is 0.196 e. The molecule has 0 saturated carbocycles. The van der Waals surface area contributed by atoms with E-state index in [1.807, 2.05) is 0 Å². The van der Waals surface area contributed by atoms with E-state index in [4.69, 9.17) is 16.3 Å². The highest BCUT2D eigenvalue weighted by Gasteiger charge is 2.35. The number of halogens is 3. The van der Waals surface area contributed by atoms with Crippen LogP contribution in [0.15, 0.2) is 61.2 Å². The molecule has 1 nitrogen and oxygen atoms in total. The van der Waals surface area contributed by atoms with Crippen LogP contribution in [-0.2, 0) is 9.80 Å². The molecule has 0 heterocycles. The maximum absolute atomic E-state index is 14.0. The van der Waals surface area contributed by atoms with E-state index in [1.54, 1.807) is 18.2 Å². The summed E-state index contributed by atoms with van der Waals surface area (Å²) in [6.45, 7) is 3.65. The van der Waals surface area contributed by atoms with Gasteiger partial charge in [0.2, 0.25) is 0 Å². The van der Waals surface area contributed by atoms with Gasteiger partial charge in [0.15, 0.2) is 5.06 Å². The van der Waals surface area contributed by atoms with Gasteiger partial charge >= 0.3 is 0 Å². The Morgan fingerprint density at radius 1 is 1.15 bits per heavy atom. The lowest BCUT2D eigenvalue weighted by molar-refractivity contribution is 0.0646. The maximum atomic E-state index is 14.0. The fourth-order valence-corrected chi connectivity index (χ4v) is 2.23. The van der Waals surface area contributed by atoms with Crippen molar-refractivity contribution in [2.45, 2.75) is 5.06 Å². The molecule has 0 bridgehead atoms. The number of hydrogen-bond acceptors (Lipinski definition) is 1. The molecule has 0 aliphatic rings. The number of rotatable bonds is 5. The Labute approximate surface area is 121 Å². The van der Waals surface area contributed by atoms with Gasteiger partial charge in [-0.1, -0.05) is 48.0 Å². The van der Waals surface area contributed by atoms with E-state index >= 15 is 0 Å². The van der Waals surface area contributed by atoms with Gasteiger partial charge in [0.25, 0.3) is 0 Å². The van der Waals surface area contributed by atoms with Crippen LogP contribution in [0.5, 0.6) is 0 Å². The van der Waals surface area contributed by atoms with Crippen molar-refractivity contribution in [1.29, 1.82) is 0 Å². The zero-order valence-electron chi connectivity index (χ0n) is 10.7. The molecular formula is C16H13ClF2O. The second-order valence-electron chi connectivity index (χ2n) is 4.19. The van der Waals surface area contributed by atoms with Gasteiger partial charge < -0.3 is 4.74 Å². The van der Waals surface area contributed by atoms with Crippen molar-refractivity contribution in [1.82, 2.24) is 0 Å². The van der Waals surface area contributed by atoms with Crippen LogP contribution in [0.25, 0.3) is 0 Å². The molecule has 104 valence electrons. The SMILES string of the molecule is C=CCOC(Cl)(c1cccc(F)c1)c1ccccc1F. The monoisotopic (exact) mass is 294 g/mol. The van der Waals surface area contributed by atoms with Gasteiger partial charge in [-0.3, -0.25) is 0 Å². The van der Waals surface area contributed by atoms with Crippen LogP contribution in [0.2, 0.25) is 0 Å². The molecule has 0 N–H and O–H groups in total. The number of ether oxygens (including phenoxy) is 1. The van der Waals surface area contributed by atoms with Gasteiger partial charge in [0, 0.05) is 11.1 Å². The Hall–Kier alpha value is -1.71. The summed E-state index contributed by atoms with van der Waals surface area (Å²) in [5.74, 6) is -0.984. The first-order chi connectivity index (χ1) is 9.58. The number of benzene rings is 2. The molecule has 0 amide bonds. The van der Waals surface area contributed by atoms with Gasteiger partial charge in [-0.05, 0) is 18.2 Å². The second-order valence-corrected chi connectivity index (χ2v) is 4.72. The number of hydrogen-bond donors (Lipinski definition) is 0. The summed E-state index contributed by atoms with van der Waals surface area (Å²) >= 11 is 6.47. The highest BCUT2D eigenvalue weighted by Crippen LogP contribution is 2.39. The van der Waals surface area contributed by atoms with E-state index < -0.39 is 16.7 Å². The summed E-state index contributed by atoms with van der Waals surface area (Å²) < 4.78 is 32.9. The molecule has 2 rings (SSSR count). The Bertz CT molecular complexity index is 615. The molecule has 0 spiro atoms. The predicted octanol–water partition coefficient (Wildman–Crippen LogP) is 4.61. The first kappa shape index (κ1) is 14.7. The zero-order chi connectivity index (χ0) is 14.6. The normalized spacial score (nSPS) is 13.8. The molecule has 4 heteroatoms. The minimum absolute atomic E-state index is 0.106. The molecule has 2 aromatic carbocycles. The molecule has 0 aliphatic carbocycles. The summed E-state index contributed by atoms with van der Waals surface area (Å²) in [6.07, 6.45) is 1.50. The molecule has 2 aromatic rings. The fourth-order valence-electron chi connectivity index (χ4n) is 1.90. The molecule has 0 aliphatic heterocycles. The van der Waals surface area contributed by atoms with Crippen LogP contribution >= 0.6 is 11.6 Å². The van der Waals surface area contributed by atoms with Crippen molar-refractivity contribution in [2.24, 2.45) is 0 Å². The van der Waals surface area contributed by atoms with Crippen LogP contribution in [0.3, 0.4) is 0 Å². The van der Waals surface area contributed by atoms with Crippen LogP contribution in [-0.4, -0.2) is 6.61 Å². The first-order valence-electron chi connectivity index (χ1n) is 6.02. The predicted molar refractivity (Wildman–Crippen MR) is 75.6 cm³/mol. The largest absolute Gasteiger partial charge is 0.347 e. The number of alkyl halides is 1. The second kappa shape index (κ2) is 6.16.